The molecule has 2 fully saturated rings. The largest absolute Gasteiger partial charge is 0.351 e. The molecular formula is C14H16ClF2N3O2. The van der Waals surface area contributed by atoms with E-state index in [0.29, 0.717) is 13.1 Å². The summed E-state index contributed by atoms with van der Waals surface area (Å²) in [5.74, 6) is -2.16. The lowest BCUT2D eigenvalue weighted by Crippen LogP contribution is -2.53. The average molecular weight is 332 g/mol. The molecule has 1 unspecified atom stereocenters. The van der Waals surface area contributed by atoms with Gasteiger partial charge in [0, 0.05) is 26.1 Å². The molecule has 1 atom stereocenters. The van der Waals surface area contributed by atoms with Gasteiger partial charge in [0.15, 0.2) is 0 Å². The lowest BCUT2D eigenvalue weighted by atomic mass is 10.0. The normalized spacial score (nSPS) is 21.3. The Hall–Kier alpha value is -1.73. The van der Waals surface area contributed by atoms with Crippen molar-refractivity contribution in [3.8, 4) is 0 Å². The number of nitrogens with one attached hydrogen (secondary N) is 2. The summed E-state index contributed by atoms with van der Waals surface area (Å²) in [7, 11) is 0. The van der Waals surface area contributed by atoms with Crippen LogP contribution in [-0.2, 0) is 9.59 Å². The molecule has 22 heavy (non-hydrogen) atoms. The number of halogens is 3. The number of para-hydroxylation sites is 1. The number of carbonyl (C=O) groups is 2. The van der Waals surface area contributed by atoms with E-state index in [4.69, 9.17) is 0 Å². The van der Waals surface area contributed by atoms with Crippen molar-refractivity contribution >= 4 is 29.9 Å². The third-order valence-corrected chi connectivity index (χ3v) is 3.83. The third-order valence-electron chi connectivity index (χ3n) is 3.83. The Morgan fingerprint density at radius 3 is 2.45 bits per heavy atom. The maximum atomic E-state index is 13.7. The van der Waals surface area contributed by atoms with Gasteiger partial charge >= 0.3 is 0 Å². The average Bonchev–Trinajstić information content (AvgIpc) is 2.67. The Bertz CT molecular complexity index is 575. The molecule has 2 heterocycles. The Morgan fingerprint density at radius 1 is 1.27 bits per heavy atom. The van der Waals surface area contributed by atoms with Crippen LogP contribution in [0.4, 0.5) is 14.5 Å². The van der Waals surface area contributed by atoms with Crippen molar-refractivity contribution in [1.29, 1.82) is 0 Å². The highest BCUT2D eigenvalue weighted by Crippen LogP contribution is 2.27. The molecule has 0 aromatic heterocycles. The summed E-state index contributed by atoms with van der Waals surface area (Å²) < 4.78 is 27.5. The number of hydrogen-bond acceptors (Lipinski definition) is 3. The molecule has 2 amide bonds. The highest BCUT2D eigenvalue weighted by Gasteiger charge is 2.36. The fraction of sp³-hybridized carbons (Fsp3) is 0.429. The summed E-state index contributed by atoms with van der Waals surface area (Å²) in [6.07, 6.45) is 0.0552. The summed E-state index contributed by atoms with van der Waals surface area (Å²) >= 11 is 0. The number of amides is 2. The number of hydrogen-bond donors (Lipinski definition) is 2. The minimum absolute atomic E-state index is 0. The van der Waals surface area contributed by atoms with Crippen molar-refractivity contribution in [2.45, 2.75) is 12.5 Å². The number of nitrogens with zero attached hydrogens (tertiary/aromatic N) is 1. The van der Waals surface area contributed by atoms with E-state index in [0.717, 1.165) is 17.0 Å². The van der Waals surface area contributed by atoms with E-state index in [1.807, 2.05) is 0 Å². The lowest BCUT2D eigenvalue weighted by Gasteiger charge is -2.27. The van der Waals surface area contributed by atoms with Crippen LogP contribution in [0.3, 0.4) is 0 Å². The number of rotatable bonds is 3. The quantitative estimate of drug-likeness (QED) is 0.862. The van der Waals surface area contributed by atoms with Crippen LogP contribution in [0, 0.1) is 17.6 Å². The van der Waals surface area contributed by atoms with Crippen molar-refractivity contribution in [2.24, 2.45) is 5.92 Å². The smallest absolute Gasteiger partial charge is 0.229 e. The van der Waals surface area contributed by atoms with E-state index in [1.165, 1.54) is 6.07 Å². The monoisotopic (exact) mass is 331 g/mol. The number of carbonyl (C=O) groups excluding carboxylic acids is 2. The van der Waals surface area contributed by atoms with Gasteiger partial charge in [-0.1, -0.05) is 6.07 Å². The highest BCUT2D eigenvalue weighted by molar-refractivity contribution is 5.97. The molecular weight excluding hydrogens is 316 g/mol. The number of anilines is 1. The van der Waals surface area contributed by atoms with E-state index in [-0.39, 0.29) is 42.9 Å². The van der Waals surface area contributed by atoms with Crippen LogP contribution >= 0.6 is 12.4 Å². The maximum absolute atomic E-state index is 13.7. The molecule has 5 nitrogen and oxygen atoms in total. The topological polar surface area (TPSA) is 61.4 Å². The summed E-state index contributed by atoms with van der Waals surface area (Å²) in [5, 5.41) is 5.75. The van der Waals surface area contributed by atoms with E-state index < -0.39 is 23.6 Å². The molecule has 1 aromatic rings. The minimum atomic E-state index is -0.779. The van der Waals surface area contributed by atoms with E-state index in [9.17, 15) is 18.4 Å². The SMILES string of the molecule is Cl.O=C(NC1CC(=O)N(c2c(F)cccc2F)C1)C1CNC1. The van der Waals surface area contributed by atoms with Gasteiger partial charge < -0.3 is 15.5 Å². The molecule has 2 aliphatic heterocycles. The zero-order valence-electron chi connectivity index (χ0n) is 11.6. The van der Waals surface area contributed by atoms with Crippen LogP contribution in [0.1, 0.15) is 6.42 Å². The van der Waals surface area contributed by atoms with Gasteiger partial charge in [-0.3, -0.25) is 9.59 Å². The van der Waals surface area contributed by atoms with Crippen molar-refractivity contribution < 1.29 is 18.4 Å². The lowest BCUT2D eigenvalue weighted by molar-refractivity contribution is -0.127. The fourth-order valence-electron chi connectivity index (χ4n) is 2.56. The molecule has 0 radical (unpaired) electrons. The molecule has 0 aliphatic carbocycles. The molecule has 120 valence electrons. The summed E-state index contributed by atoms with van der Waals surface area (Å²) in [5.41, 5.74) is -0.343. The van der Waals surface area contributed by atoms with Crippen LogP contribution in [0.2, 0.25) is 0 Å². The first-order chi connectivity index (χ1) is 10.1. The summed E-state index contributed by atoms with van der Waals surface area (Å²) in [6, 6.07) is 3.05. The van der Waals surface area contributed by atoms with Gasteiger partial charge in [0.2, 0.25) is 11.8 Å². The molecule has 2 aliphatic rings. The second-order valence-electron chi connectivity index (χ2n) is 5.34. The Balaban J connectivity index is 0.00000176. The van der Waals surface area contributed by atoms with Gasteiger partial charge in [-0.05, 0) is 12.1 Å². The second-order valence-corrected chi connectivity index (χ2v) is 5.34. The van der Waals surface area contributed by atoms with Gasteiger partial charge in [-0.25, -0.2) is 8.78 Å². The van der Waals surface area contributed by atoms with E-state index in [2.05, 4.69) is 10.6 Å². The third kappa shape index (κ3) is 3.05. The Kier molecular flexibility index (Phi) is 4.97. The van der Waals surface area contributed by atoms with Gasteiger partial charge in [-0.2, -0.15) is 0 Å². The zero-order chi connectivity index (χ0) is 15.0. The predicted octanol–water partition coefficient (Wildman–Crippen LogP) is 0.827. The van der Waals surface area contributed by atoms with E-state index >= 15 is 0 Å². The Morgan fingerprint density at radius 2 is 1.91 bits per heavy atom. The highest BCUT2D eigenvalue weighted by atomic mass is 35.5. The fourth-order valence-corrected chi connectivity index (χ4v) is 2.56. The summed E-state index contributed by atoms with van der Waals surface area (Å²) in [4.78, 5) is 24.9. The van der Waals surface area contributed by atoms with Gasteiger partial charge in [0.1, 0.15) is 17.3 Å². The zero-order valence-corrected chi connectivity index (χ0v) is 12.5. The Labute approximate surface area is 132 Å². The molecule has 8 heteroatoms. The van der Waals surface area contributed by atoms with Crippen LogP contribution in [0.15, 0.2) is 18.2 Å². The van der Waals surface area contributed by atoms with Crippen molar-refractivity contribution in [3.63, 3.8) is 0 Å². The molecule has 0 spiro atoms. The molecule has 2 saturated heterocycles. The predicted molar refractivity (Wildman–Crippen MR) is 78.9 cm³/mol. The van der Waals surface area contributed by atoms with Gasteiger partial charge in [-0.15, -0.1) is 12.4 Å². The van der Waals surface area contributed by atoms with Gasteiger partial charge in [0.05, 0.1) is 12.0 Å². The molecule has 1 aromatic carbocycles. The van der Waals surface area contributed by atoms with Crippen molar-refractivity contribution in [1.82, 2.24) is 10.6 Å². The van der Waals surface area contributed by atoms with Crippen molar-refractivity contribution in [2.75, 3.05) is 24.5 Å². The number of benzene rings is 1. The summed E-state index contributed by atoms with van der Waals surface area (Å²) in [6.45, 7) is 1.33. The molecule has 3 rings (SSSR count). The van der Waals surface area contributed by atoms with Crippen LogP contribution < -0.4 is 15.5 Å². The standard InChI is InChI=1S/C14H15F2N3O2.ClH/c15-10-2-1-3-11(16)13(10)19-7-9(4-12(19)20)18-14(21)8-5-17-6-8;/h1-3,8-9,17H,4-7H2,(H,18,21);1H. The molecule has 2 N–H and O–H groups in total. The maximum Gasteiger partial charge on any atom is 0.229 e. The van der Waals surface area contributed by atoms with Crippen LogP contribution in [0.25, 0.3) is 0 Å². The second kappa shape index (κ2) is 6.58. The van der Waals surface area contributed by atoms with Gasteiger partial charge in [0.25, 0.3) is 0 Å². The molecule has 0 saturated carbocycles. The van der Waals surface area contributed by atoms with Crippen LogP contribution in [-0.4, -0.2) is 37.5 Å². The minimum Gasteiger partial charge on any atom is -0.351 e. The molecule has 0 bridgehead atoms. The van der Waals surface area contributed by atoms with Crippen molar-refractivity contribution in [3.05, 3.63) is 29.8 Å². The first kappa shape index (κ1) is 16.6. The van der Waals surface area contributed by atoms with E-state index in [1.54, 1.807) is 0 Å². The first-order valence-electron chi connectivity index (χ1n) is 6.81. The van der Waals surface area contributed by atoms with Crippen LogP contribution in [0.5, 0.6) is 0 Å². The first-order valence-corrected chi connectivity index (χ1v) is 6.81.